The summed E-state index contributed by atoms with van der Waals surface area (Å²) >= 11 is 0. The fourth-order valence-corrected chi connectivity index (χ4v) is 3.23. The number of H-pyrrole nitrogens is 1. The molecule has 4 rings (SSSR count). The monoisotopic (exact) mass is 399 g/mol. The average molecular weight is 399 g/mol. The number of hydrogen-bond acceptors (Lipinski definition) is 4. The van der Waals surface area contributed by atoms with Crippen LogP contribution in [0.5, 0.6) is 0 Å². The molecule has 0 saturated heterocycles. The van der Waals surface area contributed by atoms with Gasteiger partial charge in [-0.25, -0.2) is 0 Å². The molecule has 0 aliphatic rings. The minimum absolute atomic E-state index is 0.260. The first-order valence-electron chi connectivity index (χ1n) is 9.66. The number of benzene rings is 1. The highest BCUT2D eigenvalue weighted by atomic mass is 16.2. The van der Waals surface area contributed by atoms with Gasteiger partial charge in [0.25, 0.3) is 11.8 Å². The third kappa shape index (κ3) is 4.52. The van der Waals surface area contributed by atoms with Crippen molar-refractivity contribution in [3.05, 3.63) is 95.7 Å². The first kappa shape index (κ1) is 19.3. The van der Waals surface area contributed by atoms with Crippen LogP contribution in [0.25, 0.3) is 10.9 Å². The second-order valence-corrected chi connectivity index (χ2v) is 6.87. The molecule has 3 aromatic heterocycles. The molecule has 2 amide bonds. The quantitative estimate of drug-likeness (QED) is 0.445. The Morgan fingerprint density at radius 3 is 2.50 bits per heavy atom. The molecular weight excluding hydrogens is 378 g/mol. The molecule has 0 aliphatic carbocycles. The smallest absolute Gasteiger partial charge is 0.253 e. The number of nitrogens with zero attached hydrogens (tertiary/aromatic N) is 2. The van der Waals surface area contributed by atoms with Gasteiger partial charge < -0.3 is 15.6 Å². The van der Waals surface area contributed by atoms with Gasteiger partial charge in [0.2, 0.25) is 0 Å². The Morgan fingerprint density at radius 2 is 1.70 bits per heavy atom. The van der Waals surface area contributed by atoms with Crippen molar-refractivity contribution in [2.75, 3.05) is 6.54 Å². The van der Waals surface area contributed by atoms with Crippen molar-refractivity contribution < 1.29 is 9.59 Å². The first-order valence-corrected chi connectivity index (χ1v) is 9.66. The average Bonchev–Trinajstić information content (AvgIpc) is 3.21. The van der Waals surface area contributed by atoms with Gasteiger partial charge in [0.15, 0.2) is 0 Å². The molecule has 1 aromatic carbocycles. The minimum atomic E-state index is -0.292. The van der Waals surface area contributed by atoms with Crippen LogP contribution < -0.4 is 10.6 Å². The predicted molar refractivity (Wildman–Crippen MR) is 114 cm³/mol. The minimum Gasteiger partial charge on any atom is -0.361 e. The van der Waals surface area contributed by atoms with E-state index in [4.69, 9.17) is 0 Å². The van der Waals surface area contributed by atoms with E-state index < -0.39 is 0 Å². The lowest BCUT2D eigenvalue weighted by Crippen LogP contribution is -2.27. The molecule has 0 unspecified atom stereocenters. The molecule has 0 atom stereocenters. The number of rotatable bonds is 7. The SMILES string of the molecule is O=C(NCCc1c[nH]c2ccccc12)c1cncc(C(=O)NCc2cccnc2)c1. The number of para-hydroxylation sites is 1. The molecule has 4 aromatic rings. The zero-order valence-electron chi connectivity index (χ0n) is 16.3. The number of carbonyl (C=O) groups is 2. The third-order valence-electron chi connectivity index (χ3n) is 4.79. The van der Waals surface area contributed by atoms with Crippen molar-refractivity contribution in [3.8, 4) is 0 Å². The molecule has 150 valence electrons. The summed E-state index contributed by atoms with van der Waals surface area (Å²) in [7, 11) is 0. The van der Waals surface area contributed by atoms with Gasteiger partial charge in [-0.2, -0.15) is 0 Å². The summed E-state index contributed by atoms with van der Waals surface area (Å²) in [4.78, 5) is 36.2. The van der Waals surface area contributed by atoms with Crippen molar-refractivity contribution in [2.24, 2.45) is 0 Å². The van der Waals surface area contributed by atoms with Crippen LogP contribution in [0, 0.1) is 0 Å². The summed E-state index contributed by atoms with van der Waals surface area (Å²) in [6.45, 7) is 0.839. The number of carbonyl (C=O) groups excluding carboxylic acids is 2. The maximum absolute atomic E-state index is 12.5. The van der Waals surface area contributed by atoms with Crippen LogP contribution in [0.4, 0.5) is 0 Å². The Bertz CT molecular complexity index is 1170. The molecule has 0 bridgehead atoms. The summed E-state index contributed by atoms with van der Waals surface area (Å²) in [6, 6.07) is 13.3. The number of aromatic amines is 1. The Kier molecular flexibility index (Phi) is 5.80. The van der Waals surface area contributed by atoms with Crippen LogP contribution in [0.1, 0.15) is 31.8 Å². The summed E-state index contributed by atoms with van der Waals surface area (Å²) < 4.78 is 0. The lowest BCUT2D eigenvalue weighted by atomic mass is 10.1. The summed E-state index contributed by atoms with van der Waals surface area (Å²) in [6.07, 6.45) is 8.94. The molecule has 0 saturated carbocycles. The molecule has 0 spiro atoms. The van der Waals surface area contributed by atoms with E-state index in [1.54, 1.807) is 18.5 Å². The highest BCUT2D eigenvalue weighted by Crippen LogP contribution is 2.17. The fraction of sp³-hybridized carbons (Fsp3) is 0.130. The van der Waals surface area contributed by atoms with Gasteiger partial charge in [-0.15, -0.1) is 0 Å². The van der Waals surface area contributed by atoms with Crippen molar-refractivity contribution in [1.29, 1.82) is 0 Å². The zero-order chi connectivity index (χ0) is 20.8. The number of aromatic nitrogens is 3. The van der Waals surface area contributed by atoms with Gasteiger partial charge in [-0.1, -0.05) is 24.3 Å². The van der Waals surface area contributed by atoms with E-state index in [0.717, 1.165) is 22.0 Å². The lowest BCUT2D eigenvalue weighted by Gasteiger charge is -2.08. The van der Waals surface area contributed by atoms with E-state index >= 15 is 0 Å². The van der Waals surface area contributed by atoms with Crippen LogP contribution in [0.15, 0.2) is 73.4 Å². The van der Waals surface area contributed by atoms with E-state index in [0.29, 0.717) is 30.6 Å². The molecule has 7 heteroatoms. The van der Waals surface area contributed by atoms with Crippen LogP contribution >= 0.6 is 0 Å². The standard InChI is InChI=1S/C23H21N5O2/c29-22(26-9-7-17-15-27-21-6-2-1-5-20(17)21)18-10-19(14-25-13-18)23(30)28-12-16-4-3-8-24-11-16/h1-6,8,10-11,13-15,27H,7,9,12H2,(H,26,29)(H,28,30). The molecule has 30 heavy (non-hydrogen) atoms. The van der Waals surface area contributed by atoms with E-state index in [9.17, 15) is 9.59 Å². The summed E-state index contributed by atoms with van der Waals surface area (Å²) in [5, 5.41) is 6.85. The Morgan fingerprint density at radius 1 is 0.900 bits per heavy atom. The highest BCUT2D eigenvalue weighted by molar-refractivity contribution is 5.99. The van der Waals surface area contributed by atoms with Gasteiger partial charge in [-0.3, -0.25) is 19.6 Å². The van der Waals surface area contributed by atoms with Gasteiger partial charge in [-0.05, 0) is 35.7 Å². The number of pyridine rings is 2. The van der Waals surface area contributed by atoms with Crippen LogP contribution in [-0.4, -0.2) is 33.3 Å². The molecule has 0 aliphatic heterocycles. The molecule has 0 fully saturated rings. The predicted octanol–water partition coefficient (Wildman–Crippen LogP) is 2.86. The first-order chi connectivity index (χ1) is 14.7. The molecule has 3 N–H and O–H groups in total. The number of fused-ring (bicyclic) bond motifs is 1. The van der Waals surface area contributed by atoms with Gasteiger partial charge in [0.05, 0.1) is 11.1 Å². The summed E-state index contributed by atoms with van der Waals surface area (Å²) in [5.41, 5.74) is 3.80. The van der Waals surface area contributed by atoms with Crippen molar-refractivity contribution in [3.63, 3.8) is 0 Å². The van der Waals surface area contributed by atoms with Gasteiger partial charge in [0.1, 0.15) is 0 Å². The van der Waals surface area contributed by atoms with Crippen LogP contribution in [-0.2, 0) is 13.0 Å². The topological polar surface area (TPSA) is 99.8 Å². The molecule has 3 heterocycles. The number of amides is 2. The largest absolute Gasteiger partial charge is 0.361 e. The van der Waals surface area contributed by atoms with Crippen molar-refractivity contribution >= 4 is 22.7 Å². The fourth-order valence-electron chi connectivity index (χ4n) is 3.23. The van der Waals surface area contributed by atoms with Crippen LogP contribution in [0.3, 0.4) is 0 Å². The number of nitrogens with one attached hydrogen (secondary N) is 3. The van der Waals surface area contributed by atoms with Gasteiger partial charge in [0, 0.05) is 55.0 Å². The highest BCUT2D eigenvalue weighted by Gasteiger charge is 2.12. The maximum atomic E-state index is 12.5. The van der Waals surface area contributed by atoms with E-state index in [1.807, 2.05) is 36.5 Å². The third-order valence-corrected chi connectivity index (χ3v) is 4.79. The van der Waals surface area contributed by atoms with Gasteiger partial charge >= 0.3 is 0 Å². The van der Waals surface area contributed by atoms with Crippen molar-refractivity contribution in [2.45, 2.75) is 13.0 Å². The second kappa shape index (κ2) is 9.00. The summed E-state index contributed by atoms with van der Waals surface area (Å²) in [5.74, 6) is -0.552. The molecular formula is C23H21N5O2. The maximum Gasteiger partial charge on any atom is 0.253 e. The van der Waals surface area contributed by atoms with Crippen molar-refractivity contribution in [1.82, 2.24) is 25.6 Å². The Labute approximate surface area is 173 Å². The normalized spacial score (nSPS) is 10.7. The van der Waals surface area contributed by atoms with E-state index in [2.05, 4.69) is 31.7 Å². The van der Waals surface area contributed by atoms with Crippen LogP contribution in [0.2, 0.25) is 0 Å². The Balaban J connectivity index is 1.33. The molecule has 7 nitrogen and oxygen atoms in total. The zero-order valence-corrected chi connectivity index (χ0v) is 16.3. The van der Waals surface area contributed by atoms with E-state index in [-0.39, 0.29) is 11.8 Å². The van der Waals surface area contributed by atoms with E-state index in [1.165, 1.54) is 12.4 Å². The number of hydrogen-bond donors (Lipinski definition) is 3. The second-order valence-electron chi connectivity index (χ2n) is 6.87. The molecule has 0 radical (unpaired) electrons. The lowest BCUT2D eigenvalue weighted by molar-refractivity contribution is 0.0950. The Hall–Kier alpha value is -4.00.